The summed E-state index contributed by atoms with van der Waals surface area (Å²) in [5.41, 5.74) is 6.02. The Labute approximate surface area is 160 Å². The zero-order valence-corrected chi connectivity index (χ0v) is 15.8. The van der Waals surface area contributed by atoms with Gasteiger partial charge in [0.2, 0.25) is 0 Å². The summed E-state index contributed by atoms with van der Waals surface area (Å²) >= 11 is 0. The number of rotatable bonds is 12. The van der Waals surface area contributed by atoms with Gasteiger partial charge in [-0.1, -0.05) is 18.2 Å². The van der Waals surface area contributed by atoms with E-state index >= 15 is 0 Å². The molecule has 0 radical (unpaired) electrons. The Balaban J connectivity index is 1.73. The molecule has 0 aliphatic heterocycles. The second kappa shape index (κ2) is 10.8. The summed E-state index contributed by atoms with van der Waals surface area (Å²) < 4.78 is 16.8. The topological polar surface area (TPSA) is 94.2 Å². The summed E-state index contributed by atoms with van der Waals surface area (Å²) in [5.74, 6) is 2.29. The van der Waals surface area contributed by atoms with Gasteiger partial charge in [0.05, 0.1) is 25.4 Å². The standard InChI is InChI=1S/C21H29NO5/c1-2-25-19-4-3-5-20(14-19)27-13-12-26-18-8-6-17(7-9-18)10-11-21(22,15-23)16-24/h3-9,14,23-24H,2,10-13,15-16,22H2,1H3. The molecule has 0 heterocycles. The first-order valence-corrected chi connectivity index (χ1v) is 9.16. The molecule has 0 atom stereocenters. The first-order valence-electron chi connectivity index (χ1n) is 9.16. The number of hydrogen-bond donors (Lipinski definition) is 3. The lowest BCUT2D eigenvalue weighted by molar-refractivity contribution is 0.115. The Bertz CT molecular complexity index is 671. The molecular formula is C21H29NO5. The number of nitrogens with two attached hydrogens (primary N) is 1. The average molecular weight is 375 g/mol. The predicted octanol–water partition coefficient (Wildman–Crippen LogP) is 2.16. The molecule has 0 fully saturated rings. The van der Waals surface area contributed by atoms with Crippen LogP contribution in [0.5, 0.6) is 17.2 Å². The SMILES string of the molecule is CCOc1cccc(OCCOc2ccc(CCC(N)(CO)CO)cc2)c1. The maximum absolute atomic E-state index is 9.23. The van der Waals surface area contributed by atoms with E-state index in [0.29, 0.717) is 32.7 Å². The van der Waals surface area contributed by atoms with Crippen molar-refractivity contribution >= 4 is 0 Å². The molecule has 0 saturated carbocycles. The third kappa shape index (κ3) is 7.09. The molecule has 0 saturated heterocycles. The molecule has 2 rings (SSSR count). The fourth-order valence-corrected chi connectivity index (χ4v) is 2.49. The fourth-order valence-electron chi connectivity index (χ4n) is 2.49. The molecule has 6 heteroatoms. The highest BCUT2D eigenvalue weighted by Crippen LogP contribution is 2.20. The van der Waals surface area contributed by atoms with Crippen LogP contribution in [-0.4, -0.2) is 48.8 Å². The number of hydrogen-bond acceptors (Lipinski definition) is 6. The molecule has 6 nitrogen and oxygen atoms in total. The van der Waals surface area contributed by atoms with Crippen molar-refractivity contribution in [3.8, 4) is 17.2 Å². The van der Waals surface area contributed by atoms with E-state index < -0.39 is 5.54 Å². The number of aliphatic hydroxyl groups is 2. The summed E-state index contributed by atoms with van der Waals surface area (Å²) in [7, 11) is 0. The molecule has 0 aliphatic carbocycles. The van der Waals surface area contributed by atoms with Crippen LogP contribution in [0.1, 0.15) is 18.9 Å². The van der Waals surface area contributed by atoms with Gasteiger partial charge in [0.25, 0.3) is 0 Å². The third-order valence-electron chi connectivity index (χ3n) is 4.20. The van der Waals surface area contributed by atoms with Crippen molar-refractivity contribution in [2.75, 3.05) is 33.0 Å². The van der Waals surface area contributed by atoms with Crippen LogP contribution in [0.3, 0.4) is 0 Å². The minimum Gasteiger partial charge on any atom is -0.494 e. The highest BCUT2D eigenvalue weighted by atomic mass is 16.5. The largest absolute Gasteiger partial charge is 0.494 e. The van der Waals surface area contributed by atoms with Crippen molar-refractivity contribution in [3.05, 3.63) is 54.1 Å². The Morgan fingerprint density at radius 3 is 2.04 bits per heavy atom. The highest BCUT2D eigenvalue weighted by molar-refractivity contribution is 5.33. The zero-order valence-electron chi connectivity index (χ0n) is 15.8. The molecule has 0 aliphatic rings. The van der Waals surface area contributed by atoms with Gasteiger partial charge in [0, 0.05) is 6.07 Å². The van der Waals surface area contributed by atoms with E-state index in [0.717, 1.165) is 22.8 Å². The smallest absolute Gasteiger partial charge is 0.123 e. The summed E-state index contributed by atoms with van der Waals surface area (Å²) in [5, 5.41) is 18.5. The number of aliphatic hydroxyl groups excluding tert-OH is 2. The van der Waals surface area contributed by atoms with Gasteiger partial charge in [-0.2, -0.15) is 0 Å². The van der Waals surface area contributed by atoms with E-state index in [1.807, 2.05) is 55.5 Å². The van der Waals surface area contributed by atoms with Crippen molar-refractivity contribution < 1.29 is 24.4 Å². The summed E-state index contributed by atoms with van der Waals surface area (Å²) in [6.45, 7) is 2.95. The predicted molar refractivity (Wildman–Crippen MR) is 104 cm³/mol. The Morgan fingerprint density at radius 2 is 1.44 bits per heavy atom. The molecule has 2 aromatic carbocycles. The van der Waals surface area contributed by atoms with Crippen molar-refractivity contribution in [3.63, 3.8) is 0 Å². The normalized spacial score (nSPS) is 11.3. The lowest BCUT2D eigenvalue weighted by Gasteiger charge is -2.24. The molecule has 148 valence electrons. The molecule has 0 bridgehead atoms. The number of benzene rings is 2. The van der Waals surface area contributed by atoms with Crippen LogP contribution in [-0.2, 0) is 6.42 Å². The zero-order chi connectivity index (χ0) is 19.5. The maximum atomic E-state index is 9.23. The van der Waals surface area contributed by atoms with Crippen LogP contribution in [0.4, 0.5) is 0 Å². The Kier molecular flexibility index (Phi) is 8.39. The van der Waals surface area contributed by atoms with Gasteiger partial charge in [-0.3, -0.25) is 0 Å². The lowest BCUT2D eigenvalue weighted by Crippen LogP contribution is -2.47. The second-order valence-electron chi connectivity index (χ2n) is 6.43. The first-order chi connectivity index (χ1) is 13.1. The van der Waals surface area contributed by atoms with E-state index in [9.17, 15) is 10.2 Å². The van der Waals surface area contributed by atoms with Gasteiger partial charge in [-0.25, -0.2) is 0 Å². The van der Waals surface area contributed by atoms with Crippen LogP contribution in [0.15, 0.2) is 48.5 Å². The van der Waals surface area contributed by atoms with Gasteiger partial charge >= 0.3 is 0 Å². The van der Waals surface area contributed by atoms with Crippen LogP contribution >= 0.6 is 0 Å². The van der Waals surface area contributed by atoms with E-state index in [1.54, 1.807) is 0 Å². The van der Waals surface area contributed by atoms with E-state index in [-0.39, 0.29) is 13.2 Å². The van der Waals surface area contributed by atoms with Crippen molar-refractivity contribution in [1.29, 1.82) is 0 Å². The van der Waals surface area contributed by atoms with Crippen molar-refractivity contribution in [1.82, 2.24) is 0 Å². The molecule has 0 spiro atoms. The Morgan fingerprint density at radius 1 is 0.852 bits per heavy atom. The fraction of sp³-hybridized carbons (Fsp3) is 0.429. The van der Waals surface area contributed by atoms with Crippen LogP contribution < -0.4 is 19.9 Å². The van der Waals surface area contributed by atoms with Gasteiger partial charge in [-0.15, -0.1) is 0 Å². The first kappa shape index (κ1) is 21.0. The molecule has 27 heavy (non-hydrogen) atoms. The Hall–Kier alpha value is -2.28. The summed E-state index contributed by atoms with van der Waals surface area (Å²) in [6.07, 6.45) is 1.19. The van der Waals surface area contributed by atoms with E-state index in [2.05, 4.69) is 0 Å². The summed E-state index contributed by atoms with van der Waals surface area (Å²) in [4.78, 5) is 0. The second-order valence-corrected chi connectivity index (χ2v) is 6.43. The van der Waals surface area contributed by atoms with Crippen LogP contribution in [0.25, 0.3) is 0 Å². The quantitative estimate of drug-likeness (QED) is 0.492. The van der Waals surface area contributed by atoms with Gasteiger partial charge in [0.1, 0.15) is 30.5 Å². The van der Waals surface area contributed by atoms with E-state index in [1.165, 1.54) is 0 Å². The minimum absolute atomic E-state index is 0.238. The van der Waals surface area contributed by atoms with Crippen molar-refractivity contribution in [2.24, 2.45) is 5.73 Å². The molecule has 0 unspecified atom stereocenters. The average Bonchev–Trinajstić information content (AvgIpc) is 2.71. The maximum Gasteiger partial charge on any atom is 0.123 e. The third-order valence-corrected chi connectivity index (χ3v) is 4.20. The summed E-state index contributed by atoms with van der Waals surface area (Å²) in [6, 6.07) is 15.2. The van der Waals surface area contributed by atoms with Gasteiger partial charge in [0.15, 0.2) is 0 Å². The van der Waals surface area contributed by atoms with Crippen LogP contribution in [0.2, 0.25) is 0 Å². The van der Waals surface area contributed by atoms with Gasteiger partial charge < -0.3 is 30.2 Å². The monoisotopic (exact) mass is 375 g/mol. The molecule has 0 amide bonds. The highest BCUT2D eigenvalue weighted by Gasteiger charge is 2.22. The van der Waals surface area contributed by atoms with E-state index in [4.69, 9.17) is 19.9 Å². The van der Waals surface area contributed by atoms with Crippen molar-refractivity contribution in [2.45, 2.75) is 25.3 Å². The minimum atomic E-state index is -0.939. The number of aryl methyl sites for hydroxylation is 1. The molecule has 2 aromatic rings. The molecule has 0 aromatic heterocycles. The lowest BCUT2D eigenvalue weighted by atomic mass is 9.94. The molecule has 4 N–H and O–H groups in total. The number of ether oxygens (including phenoxy) is 3. The van der Waals surface area contributed by atoms with Gasteiger partial charge in [-0.05, 0) is 49.6 Å². The molecular weight excluding hydrogens is 346 g/mol. The van der Waals surface area contributed by atoms with Crippen LogP contribution in [0, 0.1) is 0 Å².